The Bertz CT molecular complexity index is 1590. The van der Waals surface area contributed by atoms with Crippen molar-refractivity contribution in [3.63, 3.8) is 0 Å². The highest BCUT2D eigenvalue weighted by Gasteiger charge is 2.12. The molecular weight excluding hydrogens is 463 g/mol. The topological polar surface area (TPSA) is 43.6 Å². The summed E-state index contributed by atoms with van der Waals surface area (Å²) in [6.45, 7) is 4.44. The molecule has 0 atom stereocenters. The van der Waals surface area contributed by atoms with Gasteiger partial charge in [-0.25, -0.2) is 9.38 Å². The van der Waals surface area contributed by atoms with Crippen molar-refractivity contribution in [2.45, 2.75) is 20.5 Å². The van der Waals surface area contributed by atoms with Crippen LogP contribution in [0.25, 0.3) is 22.1 Å². The summed E-state index contributed by atoms with van der Waals surface area (Å²) in [4.78, 5) is 18.4. The number of fused-ring (bicyclic) bond motifs is 3. The first kappa shape index (κ1) is 21.0. The van der Waals surface area contributed by atoms with Gasteiger partial charge in [0, 0.05) is 15.6 Å². The van der Waals surface area contributed by atoms with Gasteiger partial charge in [-0.15, -0.1) is 0 Å². The van der Waals surface area contributed by atoms with Gasteiger partial charge in [0.1, 0.15) is 12.4 Å². The van der Waals surface area contributed by atoms with E-state index in [0.29, 0.717) is 31.9 Å². The number of halogens is 2. The molecule has 3 aromatic carbocycles. The molecule has 2 aromatic heterocycles. The Labute approximate surface area is 198 Å². The van der Waals surface area contributed by atoms with E-state index in [1.807, 2.05) is 55.5 Å². The highest BCUT2D eigenvalue weighted by molar-refractivity contribution is 7.15. The van der Waals surface area contributed by atoms with Crippen molar-refractivity contribution in [1.82, 2.24) is 9.38 Å². The number of imidazole rings is 1. The average Bonchev–Trinajstić information content (AvgIpc) is 3.25. The summed E-state index contributed by atoms with van der Waals surface area (Å²) < 4.78 is 8.18. The summed E-state index contributed by atoms with van der Waals surface area (Å²) in [7, 11) is 0. The highest BCUT2D eigenvalue weighted by atomic mass is 35.5. The van der Waals surface area contributed by atoms with Crippen LogP contribution in [0.15, 0.2) is 59.4 Å². The summed E-state index contributed by atoms with van der Waals surface area (Å²) in [6.07, 6.45) is 1.88. The predicted octanol–water partition coefficient (Wildman–Crippen LogP) is 5.96. The molecule has 5 aromatic rings. The van der Waals surface area contributed by atoms with Gasteiger partial charge in [0.25, 0.3) is 5.56 Å². The number of nitrogens with zero attached hydrogens (tertiary/aromatic N) is 2. The molecule has 0 amide bonds. The van der Waals surface area contributed by atoms with E-state index < -0.39 is 0 Å². The molecular formula is C25H18Cl2N2O2S. The fourth-order valence-electron chi connectivity index (χ4n) is 3.53. The molecule has 2 heterocycles. The van der Waals surface area contributed by atoms with Crippen LogP contribution >= 0.6 is 34.5 Å². The van der Waals surface area contributed by atoms with Gasteiger partial charge in [-0.3, -0.25) is 4.79 Å². The number of thiazole rings is 1. The number of hydrogen-bond acceptors (Lipinski definition) is 4. The van der Waals surface area contributed by atoms with Crippen molar-refractivity contribution < 1.29 is 4.74 Å². The van der Waals surface area contributed by atoms with E-state index in [2.05, 4.69) is 11.9 Å². The lowest BCUT2D eigenvalue weighted by Crippen LogP contribution is -2.22. The molecule has 0 saturated carbocycles. The summed E-state index contributed by atoms with van der Waals surface area (Å²) in [5.74, 6) is 0.716. The molecule has 0 saturated heterocycles. The monoisotopic (exact) mass is 480 g/mol. The quantitative estimate of drug-likeness (QED) is 0.318. The van der Waals surface area contributed by atoms with E-state index in [4.69, 9.17) is 27.9 Å². The normalized spacial score (nSPS) is 12.2. The number of rotatable bonds is 4. The minimum Gasteiger partial charge on any atom is -0.489 e. The third-order valence-corrected chi connectivity index (χ3v) is 7.00. The van der Waals surface area contributed by atoms with Gasteiger partial charge in [-0.1, -0.05) is 52.7 Å². The third-order valence-electron chi connectivity index (χ3n) is 5.44. The average molecular weight is 481 g/mol. The Balaban J connectivity index is 1.42. The summed E-state index contributed by atoms with van der Waals surface area (Å²) in [6, 6.07) is 17.0. The van der Waals surface area contributed by atoms with Gasteiger partial charge in [0.15, 0.2) is 4.96 Å². The molecule has 5 rings (SSSR count). The molecule has 0 radical (unpaired) electrons. The predicted molar refractivity (Wildman–Crippen MR) is 132 cm³/mol. The molecule has 4 nitrogen and oxygen atoms in total. The zero-order valence-corrected chi connectivity index (χ0v) is 19.7. The molecule has 0 N–H and O–H groups in total. The molecule has 0 aliphatic heterocycles. The van der Waals surface area contributed by atoms with E-state index in [9.17, 15) is 4.79 Å². The lowest BCUT2D eigenvalue weighted by Gasteiger charge is -2.08. The smallest absolute Gasteiger partial charge is 0.274 e. The van der Waals surface area contributed by atoms with Gasteiger partial charge in [-0.2, -0.15) is 0 Å². The van der Waals surface area contributed by atoms with Gasteiger partial charge in [0.2, 0.25) is 0 Å². The summed E-state index contributed by atoms with van der Waals surface area (Å²) >= 11 is 13.5. The maximum Gasteiger partial charge on any atom is 0.274 e. The molecule has 7 heteroatoms. The lowest BCUT2D eigenvalue weighted by atomic mass is 10.1. The summed E-state index contributed by atoms with van der Waals surface area (Å²) in [5.41, 5.74) is 5.75. The largest absolute Gasteiger partial charge is 0.489 e. The second-order valence-electron chi connectivity index (χ2n) is 7.66. The Kier molecular flexibility index (Phi) is 5.41. The van der Waals surface area contributed by atoms with E-state index in [0.717, 1.165) is 27.7 Å². The third kappa shape index (κ3) is 3.88. The van der Waals surface area contributed by atoms with Crippen LogP contribution in [0.2, 0.25) is 10.0 Å². The molecule has 0 spiro atoms. The number of hydrogen-bond donors (Lipinski definition) is 0. The zero-order valence-electron chi connectivity index (χ0n) is 17.4. The first-order chi connectivity index (χ1) is 15.4. The van der Waals surface area contributed by atoms with Crippen molar-refractivity contribution in [2.24, 2.45) is 0 Å². The van der Waals surface area contributed by atoms with Crippen molar-refractivity contribution >= 4 is 56.6 Å². The van der Waals surface area contributed by atoms with Crippen LogP contribution < -0.4 is 14.8 Å². The molecule has 160 valence electrons. The molecule has 0 aliphatic carbocycles. The number of ether oxygens (including phenoxy) is 1. The van der Waals surface area contributed by atoms with Crippen LogP contribution in [0, 0.1) is 13.8 Å². The molecule has 0 aliphatic rings. The van der Waals surface area contributed by atoms with Gasteiger partial charge in [-0.05, 0) is 73.0 Å². The molecule has 0 fully saturated rings. The standard InChI is InChI=1S/C25H18Cl2N2O2S/c1-14-9-21-22(10-15(14)2)29-24(30)23(32-25(29)28-21)11-16-3-7-19(8-4-16)31-13-17-5-6-18(26)12-20(17)27/h3-12H,13H2,1-2H3/b23-11+. The van der Waals surface area contributed by atoms with Crippen LogP contribution in [0.1, 0.15) is 22.3 Å². The van der Waals surface area contributed by atoms with Gasteiger partial charge < -0.3 is 4.74 Å². The van der Waals surface area contributed by atoms with Gasteiger partial charge in [0.05, 0.1) is 15.6 Å². The fraction of sp³-hybridized carbons (Fsp3) is 0.120. The van der Waals surface area contributed by atoms with Crippen LogP contribution in [0.5, 0.6) is 5.75 Å². The summed E-state index contributed by atoms with van der Waals surface area (Å²) in [5, 5.41) is 1.17. The number of aromatic nitrogens is 2. The van der Waals surface area contributed by atoms with Crippen molar-refractivity contribution in [3.05, 3.63) is 102 Å². The van der Waals surface area contributed by atoms with E-state index in [-0.39, 0.29) is 5.56 Å². The van der Waals surface area contributed by atoms with E-state index in [1.54, 1.807) is 16.5 Å². The maximum absolute atomic E-state index is 13.0. The van der Waals surface area contributed by atoms with E-state index >= 15 is 0 Å². The van der Waals surface area contributed by atoms with Crippen LogP contribution in [0.3, 0.4) is 0 Å². The van der Waals surface area contributed by atoms with Crippen LogP contribution in [0.4, 0.5) is 0 Å². The second kappa shape index (κ2) is 8.24. The molecule has 32 heavy (non-hydrogen) atoms. The minimum absolute atomic E-state index is 0.0477. The first-order valence-electron chi connectivity index (χ1n) is 10.00. The van der Waals surface area contributed by atoms with Crippen LogP contribution in [-0.4, -0.2) is 9.38 Å². The first-order valence-corrected chi connectivity index (χ1v) is 11.6. The Morgan fingerprint density at radius 1 is 1.03 bits per heavy atom. The van der Waals surface area contributed by atoms with E-state index in [1.165, 1.54) is 16.9 Å². The van der Waals surface area contributed by atoms with Gasteiger partial charge >= 0.3 is 0 Å². The Morgan fingerprint density at radius 2 is 1.78 bits per heavy atom. The minimum atomic E-state index is -0.0477. The Morgan fingerprint density at radius 3 is 2.53 bits per heavy atom. The zero-order chi connectivity index (χ0) is 22.4. The maximum atomic E-state index is 13.0. The molecule has 0 bridgehead atoms. The lowest BCUT2D eigenvalue weighted by molar-refractivity contribution is 0.306. The highest BCUT2D eigenvalue weighted by Crippen LogP contribution is 2.23. The fourth-order valence-corrected chi connectivity index (χ4v) is 4.98. The number of benzene rings is 3. The van der Waals surface area contributed by atoms with Crippen molar-refractivity contribution in [3.8, 4) is 5.75 Å². The second-order valence-corrected chi connectivity index (χ2v) is 9.52. The number of aryl methyl sites for hydroxylation is 2. The molecule has 0 unspecified atom stereocenters. The SMILES string of the molecule is Cc1cc2nc3s/c(=C/c4ccc(OCc5ccc(Cl)cc5Cl)cc4)c(=O)n3c2cc1C. The van der Waals surface area contributed by atoms with Crippen molar-refractivity contribution in [2.75, 3.05) is 0 Å². The van der Waals surface area contributed by atoms with Crippen LogP contribution in [-0.2, 0) is 6.61 Å². The Hall–Kier alpha value is -2.86. The van der Waals surface area contributed by atoms with Crippen molar-refractivity contribution in [1.29, 1.82) is 0 Å².